The van der Waals surface area contributed by atoms with Crippen molar-refractivity contribution in [2.75, 3.05) is 11.4 Å². The summed E-state index contributed by atoms with van der Waals surface area (Å²) in [6.45, 7) is 1.84. The van der Waals surface area contributed by atoms with Crippen LogP contribution in [0.1, 0.15) is 16.1 Å². The Morgan fingerprint density at radius 1 is 1.29 bits per heavy atom. The van der Waals surface area contributed by atoms with Crippen molar-refractivity contribution < 1.29 is 5.11 Å². The third kappa shape index (κ3) is 2.03. The van der Waals surface area contributed by atoms with Crippen molar-refractivity contribution >= 4 is 17.2 Å². The molecule has 0 unspecified atom stereocenters. The van der Waals surface area contributed by atoms with E-state index in [2.05, 4.69) is 26.5 Å². The third-order valence-corrected chi connectivity index (χ3v) is 4.02. The van der Waals surface area contributed by atoms with E-state index in [4.69, 9.17) is 5.11 Å². The van der Waals surface area contributed by atoms with Crippen molar-refractivity contribution in [3.63, 3.8) is 0 Å². The topological polar surface area (TPSA) is 49.2 Å². The number of hydrogen-bond acceptors (Lipinski definition) is 5. The van der Waals surface area contributed by atoms with Gasteiger partial charge in [0.05, 0.1) is 12.3 Å². The van der Waals surface area contributed by atoms with Crippen LogP contribution < -0.4 is 4.90 Å². The fourth-order valence-corrected chi connectivity index (χ4v) is 2.94. The van der Waals surface area contributed by atoms with E-state index in [-0.39, 0.29) is 6.61 Å². The summed E-state index contributed by atoms with van der Waals surface area (Å²) in [4.78, 5) is 3.71. The molecular weight excluding hydrogens is 234 g/mol. The molecule has 3 heterocycles. The van der Waals surface area contributed by atoms with Gasteiger partial charge < -0.3 is 10.0 Å². The number of aliphatic hydroxyl groups excluding tert-OH is 1. The van der Waals surface area contributed by atoms with E-state index in [1.807, 2.05) is 23.5 Å². The molecule has 2 aromatic heterocycles. The smallest absolute Gasteiger partial charge is 0.151 e. The summed E-state index contributed by atoms with van der Waals surface area (Å²) in [5, 5.41) is 19.2. The van der Waals surface area contributed by atoms with Crippen LogP contribution in [0.25, 0.3) is 0 Å². The molecule has 2 aromatic rings. The number of thiophene rings is 1. The average Bonchev–Trinajstić information content (AvgIpc) is 2.86. The summed E-state index contributed by atoms with van der Waals surface area (Å²) in [5.74, 6) is 0.888. The molecule has 5 heteroatoms. The third-order valence-electron chi connectivity index (χ3n) is 3.00. The van der Waals surface area contributed by atoms with Crippen molar-refractivity contribution in [2.45, 2.75) is 19.6 Å². The summed E-state index contributed by atoms with van der Waals surface area (Å²) in [5.41, 5.74) is 2.01. The molecule has 0 saturated carbocycles. The molecule has 0 aliphatic carbocycles. The first kappa shape index (κ1) is 10.7. The highest BCUT2D eigenvalue weighted by Crippen LogP contribution is 2.26. The van der Waals surface area contributed by atoms with E-state index in [1.54, 1.807) is 0 Å². The van der Waals surface area contributed by atoms with E-state index < -0.39 is 0 Å². The van der Waals surface area contributed by atoms with Crippen LogP contribution in [-0.2, 0) is 19.6 Å². The lowest BCUT2D eigenvalue weighted by Crippen LogP contribution is -2.30. The summed E-state index contributed by atoms with van der Waals surface area (Å²) < 4.78 is 0. The fraction of sp³-hybridized carbons (Fsp3) is 0.333. The zero-order chi connectivity index (χ0) is 11.7. The first-order valence-corrected chi connectivity index (χ1v) is 6.48. The van der Waals surface area contributed by atoms with Gasteiger partial charge in [0.1, 0.15) is 0 Å². The number of aromatic nitrogens is 2. The number of rotatable bonds is 2. The molecule has 1 N–H and O–H groups in total. The minimum Gasteiger partial charge on any atom is -0.390 e. The highest BCUT2D eigenvalue weighted by molar-refractivity contribution is 7.10. The molecule has 0 radical (unpaired) electrons. The summed E-state index contributed by atoms with van der Waals surface area (Å²) in [6, 6.07) is 5.93. The molecule has 3 rings (SSSR count). The Bertz CT molecular complexity index is 509. The molecular formula is C12H13N3OS. The molecule has 17 heavy (non-hydrogen) atoms. The highest BCUT2D eigenvalue weighted by Gasteiger charge is 2.18. The molecule has 0 fully saturated rings. The Kier molecular flexibility index (Phi) is 2.78. The number of anilines is 1. The van der Waals surface area contributed by atoms with E-state index in [1.165, 1.54) is 10.4 Å². The van der Waals surface area contributed by atoms with Gasteiger partial charge in [-0.25, -0.2) is 0 Å². The molecule has 0 spiro atoms. The van der Waals surface area contributed by atoms with Gasteiger partial charge in [0, 0.05) is 18.0 Å². The maximum absolute atomic E-state index is 8.93. The molecule has 1 aliphatic heterocycles. The van der Waals surface area contributed by atoms with Crippen LogP contribution >= 0.6 is 11.3 Å². The highest BCUT2D eigenvalue weighted by atomic mass is 32.1. The first-order chi connectivity index (χ1) is 8.36. The van der Waals surface area contributed by atoms with Crippen LogP contribution in [0, 0.1) is 0 Å². The van der Waals surface area contributed by atoms with Gasteiger partial charge in [-0.3, -0.25) is 0 Å². The quantitative estimate of drug-likeness (QED) is 0.875. The molecule has 0 atom stereocenters. The second-order valence-electron chi connectivity index (χ2n) is 4.08. The van der Waals surface area contributed by atoms with Gasteiger partial charge in [-0.2, -0.15) is 5.10 Å². The first-order valence-electron chi connectivity index (χ1n) is 5.60. The Balaban J connectivity index is 1.81. The predicted molar refractivity (Wildman–Crippen MR) is 67.0 cm³/mol. The van der Waals surface area contributed by atoms with Crippen molar-refractivity contribution in [3.05, 3.63) is 39.7 Å². The van der Waals surface area contributed by atoms with Crippen LogP contribution in [0.4, 0.5) is 5.82 Å². The van der Waals surface area contributed by atoms with Gasteiger partial charge in [-0.1, -0.05) is 0 Å². The van der Waals surface area contributed by atoms with Gasteiger partial charge >= 0.3 is 0 Å². The van der Waals surface area contributed by atoms with Crippen LogP contribution in [0.15, 0.2) is 23.6 Å². The summed E-state index contributed by atoms with van der Waals surface area (Å²) in [7, 11) is 0. The number of aliphatic hydroxyl groups is 1. The predicted octanol–water partition coefficient (Wildman–Crippen LogP) is 1.59. The Morgan fingerprint density at radius 2 is 2.24 bits per heavy atom. The maximum atomic E-state index is 8.93. The molecule has 1 aliphatic rings. The van der Waals surface area contributed by atoms with Crippen LogP contribution in [-0.4, -0.2) is 21.8 Å². The Labute approximate surface area is 104 Å². The van der Waals surface area contributed by atoms with E-state index in [0.717, 1.165) is 25.3 Å². The largest absolute Gasteiger partial charge is 0.390 e. The lowest BCUT2D eigenvalue weighted by Gasteiger charge is -2.27. The average molecular weight is 247 g/mol. The molecule has 0 aromatic carbocycles. The monoisotopic (exact) mass is 247 g/mol. The standard InChI is InChI=1S/C12H13N3OS/c16-8-10-1-2-12(14-13-10)15-5-3-11-9(7-15)4-6-17-11/h1-2,4,6,16H,3,5,7-8H2. The molecule has 0 amide bonds. The van der Waals surface area contributed by atoms with E-state index in [0.29, 0.717) is 5.69 Å². The van der Waals surface area contributed by atoms with Crippen molar-refractivity contribution in [1.29, 1.82) is 0 Å². The Hall–Kier alpha value is -1.46. The Morgan fingerprint density at radius 3 is 3.00 bits per heavy atom. The maximum Gasteiger partial charge on any atom is 0.151 e. The lowest BCUT2D eigenvalue weighted by molar-refractivity contribution is 0.275. The molecule has 88 valence electrons. The number of nitrogens with zero attached hydrogens (tertiary/aromatic N) is 3. The zero-order valence-electron chi connectivity index (χ0n) is 9.33. The van der Waals surface area contributed by atoms with Crippen LogP contribution in [0.5, 0.6) is 0 Å². The van der Waals surface area contributed by atoms with Gasteiger partial charge in [0.2, 0.25) is 0 Å². The van der Waals surface area contributed by atoms with Gasteiger partial charge in [0.15, 0.2) is 5.82 Å². The second-order valence-corrected chi connectivity index (χ2v) is 5.08. The van der Waals surface area contributed by atoms with Gasteiger partial charge in [0.25, 0.3) is 0 Å². The minimum absolute atomic E-state index is 0.0536. The van der Waals surface area contributed by atoms with Crippen molar-refractivity contribution in [2.24, 2.45) is 0 Å². The molecule has 0 bridgehead atoms. The van der Waals surface area contributed by atoms with E-state index >= 15 is 0 Å². The SMILES string of the molecule is OCc1ccc(N2CCc3sccc3C2)nn1. The van der Waals surface area contributed by atoms with Crippen LogP contribution in [0.2, 0.25) is 0 Å². The van der Waals surface area contributed by atoms with E-state index in [9.17, 15) is 0 Å². The van der Waals surface area contributed by atoms with Crippen molar-refractivity contribution in [1.82, 2.24) is 10.2 Å². The summed E-state index contributed by atoms with van der Waals surface area (Å²) in [6.07, 6.45) is 1.08. The number of hydrogen-bond donors (Lipinski definition) is 1. The molecule has 4 nitrogen and oxygen atoms in total. The van der Waals surface area contributed by atoms with Crippen LogP contribution in [0.3, 0.4) is 0 Å². The zero-order valence-corrected chi connectivity index (χ0v) is 10.2. The second kappa shape index (κ2) is 4.43. The molecule has 0 saturated heterocycles. The lowest BCUT2D eigenvalue weighted by atomic mass is 10.1. The summed E-state index contributed by atoms with van der Waals surface area (Å²) >= 11 is 1.83. The fourth-order valence-electron chi connectivity index (χ4n) is 2.05. The van der Waals surface area contributed by atoms with Gasteiger partial charge in [-0.15, -0.1) is 16.4 Å². The van der Waals surface area contributed by atoms with Gasteiger partial charge in [-0.05, 0) is 35.6 Å². The number of fused-ring (bicyclic) bond motifs is 1. The minimum atomic E-state index is -0.0536. The normalized spacial score (nSPS) is 14.8. The van der Waals surface area contributed by atoms with Crippen molar-refractivity contribution in [3.8, 4) is 0 Å².